The van der Waals surface area contributed by atoms with Gasteiger partial charge >= 0.3 is 6.09 Å². The molecule has 0 aromatic carbocycles. The van der Waals surface area contributed by atoms with Gasteiger partial charge in [0.05, 0.1) is 5.54 Å². The molecule has 1 heterocycles. The van der Waals surface area contributed by atoms with Gasteiger partial charge < -0.3 is 4.74 Å². The normalized spacial score (nSPS) is 29.3. The van der Waals surface area contributed by atoms with Crippen molar-refractivity contribution in [2.75, 3.05) is 6.54 Å². The molecular weight excluding hydrogens is 245 g/mol. The van der Waals surface area contributed by atoms with Gasteiger partial charge in [0.1, 0.15) is 11.8 Å². The molecule has 0 N–H and O–H groups in total. The quantitative estimate of drug-likeness (QED) is 0.663. The first-order valence-electron chi connectivity index (χ1n) is 7.04. The second kappa shape index (κ2) is 4.95. The van der Waals surface area contributed by atoms with Crippen molar-refractivity contribution in [2.45, 2.75) is 78.6 Å². The van der Waals surface area contributed by atoms with Gasteiger partial charge in [0.2, 0.25) is 0 Å². The minimum absolute atomic E-state index is 0.344. The van der Waals surface area contributed by atoms with E-state index in [0.29, 0.717) is 19.4 Å². The van der Waals surface area contributed by atoms with Gasteiger partial charge in [-0.05, 0) is 46.0 Å². The van der Waals surface area contributed by atoms with Crippen LogP contribution in [0, 0.1) is 5.41 Å². The minimum atomic E-state index is -1.02. The Labute approximate surface area is 116 Å². The third-order valence-electron chi connectivity index (χ3n) is 4.14. The van der Waals surface area contributed by atoms with Gasteiger partial charge in [0.25, 0.3) is 0 Å². The van der Waals surface area contributed by atoms with Crippen molar-refractivity contribution in [3.8, 4) is 0 Å². The molecule has 19 heavy (non-hydrogen) atoms. The summed E-state index contributed by atoms with van der Waals surface area (Å²) in [5.41, 5.74) is -1.73. The number of carbonyl (C=O) groups excluding carboxylic acids is 1. The van der Waals surface area contributed by atoms with Crippen molar-refractivity contribution >= 4 is 6.09 Å². The maximum Gasteiger partial charge on any atom is 0.410 e. The molecule has 4 heteroatoms. The average Bonchev–Trinajstić information content (AvgIpc) is 2.17. The summed E-state index contributed by atoms with van der Waals surface area (Å²) < 4.78 is 20.0. The van der Waals surface area contributed by atoms with Crippen LogP contribution in [0.25, 0.3) is 0 Å². The molecule has 3 nitrogen and oxygen atoms in total. The average molecular weight is 273 g/mol. The predicted octanol–water partition coefficient (Wildman–Crippen LogP) is 4.16. The highest BCUT2D eigenvalue weighted by molar-refractivity contribution is 5.69. The molecular formula is C15H28FNO2. The van der Waals surface area contributed by atoms with Gasteiger partial charge in [-0.3, -0.25) is 4.90 Å². The van der Waals surface area contributed by atoms with Crippen LogP contribution in [0.15, 0.2) is 0 Å². The maximum absolute atomic E-state index is 14.5. The van der Waals surface area contributed by atoms with Crippen LogP contribution in [0.5, 0.6) is 0 Å². The standard InChI is InChI=1S/C15H28FNO2/c1-13(2,3)15(7)11(16)9-8-10-17(15)12(18)19-14(4,5)6/h11H,8-10H2,1-7H3. The van der Waals surface area contributed by atoms with Gasteiger partial charge in [-0.1, -0.05) is 20.8 Å². The number of rotatable bonds is 0. The van der Waals surface area contributed by atoms with Crippen LogP contribution >= 0.6 is 0 Å². The topological polar surface area (TPSA) is 29.5 Å². The third kappa shape index (κ3) is 3.21. The van der Waals surface area contributed by atoms with Crippen LogP contribution in [-0.4, -0.2) is 34.8 Å². The van der Waals surface area contributed by atoms with Crippen molar-refractivity contribution in [1.82, 2.24) is 4.90 Å². The number of likely N-dealkylation sites (tertiary alicyclic amines) is 1. The molecule has 0 bridgehead atoms. The number of hydrogen-bond donors (Lipinski definition) is 0. The van der Waals surface area contributed by atoms with Crippen LogP contribution in [0.2, 0.25) is 0 Å². The molecule has 1 aliphatic heterocycles. The summed E-state index contributed by atoms with van der Waals surface area (Å²) in [4.78, 5) is 13.9. The number of piperidine rings is 1. The van der Waals surface area contributed by atoms with E-state index >= 15 is 0 Å². The van der Waals surface area contributed by atoms with E-state index in [-0.39, 0.29) is 5.41 Å². The zero-order valence-corrected chi connectivity index (χ0v) is 13.3. The molecule has 0 saturated carbocycles. The number of hydrogen-bond acceptors (Lipinski definition) is 2. The first kappa shape index (κ1) is 16.3. The second-order valence-electron chi connectivity index (χ2n) is 7.64. The highest BCUT2D eigenvalue weighted by Gasteiger charge is 2.53. The monoisotopic (exact) mass is 273 g/mol. The van der Waals surface area contributed by atoms with Gasteiger partial charge in [0, 0.05) is 6.54 Å². The molecule has 2 unspecified atom stereocenters. The summed E-state index contributed by atoms with van der Waals surface area (Å²) >= 11 is 0. The largest absolute Gasteiger partial charge is 0.444 e. The van der Waals surface area contributed by atoms with Gasteiger partial charge in [-0.15, -0.1) is 0 Å². The maximum atomic E-state index is 14.5. The van der Waals surface area contributed by atoms with Crippen LogP contribution in [0.3, 0.4) is 0 Å². The van der Waals surface area contributed by atoms with E-state index in [1.165, 1.54) is 0 Å². The lowest BCUT2D eigenvalue weighted by molar-refractivity contribution is -0.0845. The molecule has 1 saturated heterocycles. The van der Waals surface area contributed by atoms with Crippen molar-refractivity contribution in [2.24, 2.45) is 5.41 Å². The zero-order chi connectivity index (χ0) is 15.1. The molecule has 0 radical (unpaired) electrons. The summed E-state index contributed by atoms with van der Waals surface area (Å²) in [6.45, 7) is 13.8. The van der Waals surface area contributed by atoms with Crippen LogP contribution in [-0.2, 0) is 4.74 Å². The van der Waals surface area contributed by atoms with Crippen molar-refractivity contribution in [3.63, 3.8) is 0 Å². The molecule has 2 atom stereocenters. The highest BCUT2D eigenvalue weighted by Crippen LogP contribution is 2.44. The fraction of sp³-hybridized carbons (Fsp3) is 0.933. The molecule has 1 amide bonds. The molecule has 1 rings (SSSR count). The van der Waals surface area contributed by atoms with E-state index in [0.717, 1.165) is 0 Å². The van der Waals surface area contributed by atoms with Gasteiger partial charge in [-0.25, -0.2) is 9.18 Å². The van der Waals surface area contributed by atoms with E-state index in [1.54, 1.807) is 4.90 Å². The smallest absolute Gasteiger partial charge is 0.410 e. The van der Waals surface area contributed by atoms with Crippen molar-refractivity contribution in [1.29, 1.82) is 0 Å². The van der Waals surface area contributed by atoms with E-state index < -0.39 is 23.4 Å². The van der Waals surface area contributed by atoms with Crippen LogP contribution in [0.4, 0.5) is 9.18 Å². The Bertz CT molecular complexity index is 343. The molecule has 0 aliphatic carbocycles. The first-order valence-corrected chi connectivity index (χ1v) is 7.04. The molecule has 0 spiro atoms. The summed E-state index contributed by atoms with van der Waals surface area (Å²) in [5, 5.41) is 0. The zero-order valence-electron chi connectivity index (χ0n) is 13.3. The third-order valence-corrected chi connectivity index (χ3v) is 4.14. The Morgan fingerprint density at radius 1 is 1.26 bits per heavy atom. The Morgan fingerprint density at radius 2 is 1.79 bits per heavy atom. The number of amides is 1. The minimum Gasteiger partial charge on any atom is -0.444 e. The molecule has 112 valence electrons. The Hall–Kier alpha value is -0.800. The molecule has 1 fully saturated rings. The lowest BCUT2D eigenvalue weighted by Gasteiger charge is -2.54. The number of ether oxygens (including phenoxy) is 1. The lowest BCUT2D eigenvalue weighted by atomic mass is 9.68. The Morgan fingerprint density at radius 3 is 2.21 bits per heavy atom. The van der Waals surface area contributed by atoms with Crippen molar-refractivity contribution < 1.29 is 13.9 Å². The fourth-order valence-electron chi connectivity index (χ4n) is 2.58. The second-order valence-corrected chi connectivity index (χ2v) is 7.64. The summed E-state index contributed by atoms with van der Waals surface area (Å²) in [6, 6.07) is 0. The molecule has 1 aliphatic rings. The summed E-state index contributed by atoms with van der Waals surface area (Å²) in [6.07, 6.45) is -0.236. The van der Waals surface area contributed by atoms with E-state index in [4.69, 9.17) is 4.74 Å². The number of nitrogens with zero attached hydrogens (tertiary/aromatic N) is 1. The van der Waals surface area contributed by atoms with Crippen LogP contribution in [0.1, 0.15) is 61.3 Å². The SMILES string of the molecule is CC(C)(C)OC(=O)N1CCCC(F)C1(C)C(C)(C)C. The van der Waals surface area contributed by atoms with Crippen LogP contribution < -0.4 is 0 Å². The summed E-state index contributed by atoms with van der Waals surface area (Å²) in [5.74, 6) is 0. The van der Waals surface area contributed by atoms with E-state index in [9.17, 15) is 9.18 Å². The Balaban J connectivity index is 3.05. The number of alkyl halides is 1. The predicted molar refractivity (Wildman–Crippen MR) is 74.9 cm³/mol. The number of halogens is 1. The van der Waals surface area contributed by atoms with Crippen molar-refractivity contribution in [3.05, 3.63) is 0 Å². The van der Waals surface area contributed by atoms with Gasteiger partial charge in [0.15, 0.2) is 0 Å². The van der Waals surface area contributed by atoms with E-state index in [1.807, 2.05) is 48.5 Å². The first-order chi connectivity index (χ1) is 8.39. The fourth-order valence-corrected chi connectivity index (χ4v) is 2.58. The molecule has 0 aromatic heterocycles. The Kier molecular flexibility index (Phi) is 4.23. The lowest BCUT2D eigenvalue weighted by Crippen LogP contribution is -2.65. The van der Waals surface area contributed by atoms with Gasteiger partial charge in [-0.2, -0.15) is 0 Å². The molecule has 0 aromatic rings. The van der Waals surface area contributed by atoms with E-state index in [2.05, 4.69) is 0 Å². The summed E-state index contributed by atoms with van der Waals surface area (Å²) in [7, 11) is 0. The highest BCUT2D eigenvalue weighted by atomic mass is 19.1. The number of carbonyl (C=O) groups is 1.